The summed E-state index contributed by atoms with van der Waals surface area (Å²) >= 11 is 0. The zero-order valence-electron chi connectivity index (χ0n) is 14.7. The molecule has 136 valence electrons. The van der Waals surface area contributed by atoms with Gasteiger partial charge < -0.3 is 10.6 Å². The van der Waals surface area contributed by atoms with Crippen molar-refractivity contribution in [1.82, 2.24) is 10.2 Å². The summed E-state index contributed by atoms with van der Waals surface area (Å²) in [6.45, 7) is 1.24. The molecule has 0 saturated carbocycles. The molecule has 2 aromatic rings. The second-order valence-electron chi connectivity index (χ2n) is 6.39. The van der Waals surface area contributed by atoms with Gasteiger partial charge in [-0.15, -0.1) is 0 Å². The number of carbonyl (C=O) groups excluding carboxylic acids is 3. The van der Waals surface area contributed by atoms with Crippen molar-refractivity contribution in [2.75, 3.05) is 11.9 Å². The highest BCUT2D eigenvalue weighted by Gasteiger charge is 2.49. The Labute approximate surface area is 156 Å². The molecule has 2 aromatic carbocycles. The van der Waals surface area contributed by atoms with E-state index < -0.39 is 23.4 Å². The van der Waals surface area contributed by atoms with E-state index in [1.807, 2.05) is 12.1 Å². The number of hydrogen-bond donors (Lipinski definition) is 2. The molecule has 0 aromatic heterocycles. The molecule has 1 fully saturated rings. The number of urea groups is 1. The van der Waals surface area contributed by atoms with Crippen LogP contribution in [0.3, 0.4) is 0 Å². The minimum absolute atomic E-state index is 0.286. The molecule has 1 heterocycles. The van der Waals surface area contributed by atoms with Gasteiger partial charge in [0, 0.05) is 5.69 Å². The predicted molar refractivity (Wildman–Crippen MR) is 98.4 cm³/mol. The monoisotopic (exact) mass is 362 g/mol. The Morgan fingerprint density at radius 1 is 1.15 bits per heavy atom. The summed E-state index contributed by atoms with van der Waals surface area (Å²) in [4.78, 5) is 38.2. The maximum absolute atomic E-state index is 12.8. The van der Waals surface area contributed by atoms with Gasteiger partial charge in [-0.2, -0.15) is 5.26 Å². The fourth-order valence-corrected chi connectivity index (χ4v) is 2.95. The lowest BCUT2D eigenvalue weighted by molar-refractivity contribution is -0.133. The van der Waals surface area contributed by atoms with Crippen LogP contribution in [0.1, 0.15) is 18.1 Å². The third-order valence-corrected chi connectivity index (χ3v) is 4.45. The van der Waals surface area contributed by atoms with Crippen LogP contribution in [0.15, 0.2) is 54.6 Å². The number of carbonyl (C=O) groups is 3. The molecular weight excluding hydrogens is 344 g/mol. The molecule has 1 atom stereocenters. The molecule has 1 aliphatic rings. The number of nitrogens with zero attached hydrogens (tertiary/aromatic N) is 2. The average molecular weight is 362 g/mol. The first-order valence-electron chi connectivity index (χ1n) is 8.39. The number of benzene rings is 2. The number of amides is 4. The molecule has 1 unspecified atom stereocenters. The van der Waals surface area contributed by atoms with Gasteiger partial charge in [0.1, 0.15) is 12.1 Å². The smallest absolute Gasteiger partial charge is 0.325 e. The van der Waals surface area contributed by atoms with E-state index in [2.05, 4.69) is 10.6 Å². The van der Waals surface area contributed by atoms with Crippen molar-refractivity contribution in [2.45, 2.75) is 18.9 Å². The quantitative estimate of drug-likeness (QED) is 0.796. The molecule has 0 bridgehead atoms. The molecule has 27 heavy (non-hydrogen) atoms. The molecule has 7 nitrogen and oxygen atoms in total. The van der Waals surface area contributed by atoms with Crippen LogP contribution in [-0.4, -0.2) is 29.3 Å². The molecule has 2 N–H and O–H groups in total. The summed E-state index contributed by atoms with van der Waals surface area (Å²) in [7, 11) is 0. The average Bonchev–Trinajstić information content (AvgIpc) is 2.88. The van der Waals surface area contributed by atoms with E-state index in [9.17, 15) is 14.4 Å². The van der Waals surface area contributed by atoms with Crippen molar-refractivity contribution in [3.05, 3.63) is 65.7 Å². The number of anilines is 1. The van der Waals surface area contributed by atoms with Crippen LogP contribution in [-0.2, 0) is 21.5 Å². The highest BCUT2D eigenvalue weighted by Crippen LogP contribution is 2.28. The minimum atomic E-state index is -1.20. The first kappa shape index (κ1) is 18.1. The summed E-state index contributed by atoms with van der Waals surface area (Å²) in [6, 6.07) is 17.2. The van der Waals surface area contributed by atoms with Crippen molar-refractivity contribution in [3.8, 4) is 6.07 Å². The lowest BCUT2D eigenvalue weighted by Gasteiger charge is -2.22. The standard InChI is InChI=1S/C20H18N4O3/c1-20(15-5-3-2-4-6-15)18(26)24(19(27)23-20)13-17(25)22-16-9-7-14(8-10-16)11-12-21/h2-10H,11,13H2,1H3,(H,22,25)(H,23,27). The van der Waals surface area contributed by atoms with Crippen molar-refractivity contribution in [3.63, 3.8) is 0 Å². The second-order valence-corrected chi connectivity index (χ2v) is 6.39. The van der Waals surface area contributed by atoms with Crippen LogP contribution in [0.5, 0.6) is 0 Å². The van der Waals surface area contributed by atoms with E-state index in [-0.39, 0.29) is 13.0 Å². The van der Waals surface area contributed by atoms with Crippen molar-refractivity contribution in [2.24, 2.45) is 0 Å². The first-order valence-corrected chi connectivity index (χ1v) is 8.39. The number of nitriles is 1. The maximum Gasteiger partial charge on any atom is 0.325 e. The van der Waals surface area contributed by atoms with Gasteiger partial charge in [-0.3, -0.25) is 14.5 Å². The van der Waals surface area contributed by atoms with Gasteiger partial charge >= 0.3 is 6.03 Å². The normalized spacial score (nSPS) is 18.7. The Hall–Kier alpha value is -3.66. The van der Waals surface area contributed by atoms with Crippen molar-refractivity contribution in [1.29, 1.82) is 5.26 Å². The van der Waals surface area contributed by atoms with Crippen LogP contribution in [0, 0.1) is 11.3 Å². The van der Waals surface area contributed by atoms with E-state index in [0.29, 0.717) is 11.3 Å². The van der Waals surface area contributed by atoms with Gasteiger partial charge in [-0.05, 0) is 30.2 Å². The molecule has 7 heteroatoms. The number of hydrogen-bond acceptors (Lipinski definition) is 4. The summed E-state index contributed by atoms with van der Waals surface area (Å²) in [5.74, 6) is -0.956. The molecule has 4 amide bonds. The van der Waals surface area contributed by atoms with Gasteiger partial charge in [-0.25, -0.2) is 4.79 Å². The van der Waals surface area contributed by atoms with Crippen LogP contribution in [0.25, 0.3) is 0 Å². The maximum atomic E-state index is 12.8. The summed E-state index contributed by atoms with van der Waals surface area (Å²) in [5.41, 5.74) is 0.819. The Morgan fingerprint density at radius 2 is 1.81 bits per heavy atom. The Morgan fingerprint density at radius 3 is 2.44 bits per heavy atom. The molecule has 1 saturated heterocycles. The van der Waals surface area contributed by atoms with E-state index in [1.54, 1.807) is 55.5 Å². The van der Waals surface area contributed by atoms with E-state index >= 15 is 0 Å². The topological polar surface area (TPSA) is 102 Å². The highest BCUT2D eigenvalue weighted by molar-refractivity contribution is 6.10. The lowest BCUT2D eigenvalue weighted by Crippen LogP contribution is -2.42. The SMILES string of the molecule is CC1(c2ccccc2)NC(=O)N(CC(=O)Nc2ccc(CC#N)cc2)C1=O. The molecule has 0 spiro atoms. The van der Waals surface area contributed by atoms with Crippen LogP contribution in [0.2, 0.25) is 0 Å². The third-order valence-electron chi connectivity index (χ3n) is 4.45. The van der Waals surface area contributed by atoms with Gasteiger partial charge in [0.15, 0.2) is 0 Å². The first-order chi connectivity index (χ1) is 12.9. The largest absolute Gasteiger partial charge is 0.325 e. The molecule has 1 aliphatic heterocycles. The summed E-state index contributed by atoms with van der Waals surface area (Å²) in [6.07, 6.45) is 0.286. The number of rotatable bonds is 5. The van der Waals surface area contributed by atoms with Crippen LogP contribution < -0.4 is 10.6 Å². The number of nitrogens with one attached hydrogen (secondary N) is 2. The second kappa shape index (κ2) is 7.30. The van der Waals surface area contributed by atoms with Gasteiger partial charge in [0.25, 0.3) is 5.91 Å². The van der Waals surface area contributed by atoms with Gasteiger partial charge in [-0.1, -0.05) is 42.5 Å². The fourth-order valence-electron chi connectivity index (χ4n) is 2.95. The van der Waals surface area contributed by atoms with E-state index in [0.717, 1.165) is 10.5 Å². The van der Waals surface area contributed by atoms with Crippen LogP contribution >= 0.6 is 0 Å². The molecule has 3 rings (SSSR count). The minimum Gasteiger partial charge on any atom is -0.325 e. The van der Waals surface area contributed by atoms with Crippen molar-refractivity contribution >= 4 is 23.5 Å². The predicted octanol–water partition coefficient (Wildman–Crippen LogP) is 2.16. The molecular formula is C20H18N4O3. The zero-order chi connectivity index (χ0) is 19.4. The summed E-state index contributed by atoms with van der Waals surface area (Å²) in [5, 5.41) is 14.0. The van der Waals surface area contributed by atoms with E-state index in [4.69, 9.17) is 5.26 Å². The zero-order valence-corrected chi connectivity index (χ0v) is 14.7. The molecule has 0 radical (unpaired) electrons. The van der Waals surface area contributed by atoms with Crippen LogP contribution in [0.4, 0.5) is 10.5 Å². The van der Waals surface area contributed by atoms with Gasteiger partial charge in [0.2, 0.25) is 5.91 Å². The molecule has 0 aliphatic carbocycles. The Bertz CT molecular complexity index is 918. The third kappa shape index (κ3) is 3.65. The Balaban J connectivity index is 1.68. The van der Waals surface area contributed by atoms with Crippen molar-refractivity contribution < 1.29 is 14.4 Å². The number of imide groups is 1. The Kier molecular flexibility index (Phi) is 4.90. The van der Waals surface area contributed by atoms with E-state index in [1.165, 1.54) is 0 Å². The highest BCUT2D eigenvalue weighted by atomic mass is 16.2. The fraction of sp³-hybridized carbons (Fsp3) is 0.200. The summed E-state index contributed by atoms with van der Waals surface area (Å²) < 4.78 is 0. The van der Waals surface area contributed by atoms with Gasteiger partial charge in [0.05, 0.1) is 12.5 Å². The lowest BCUT2D eigenvalue weighted by atomic mass is 9.92.